The normalized spacial score (nSPS) is 49.2. The molecule has 0 spiro atoms. The van der Waals surface area contributed by atoms with Crippen molar-refractivity contribution in [3.63, 3.8) is 0 Å². The van der Waals surface area contributed by atoms with Gasteiger partial charge >= 0.3 is 0 Å². The number of aliphatic hydroxyl groups is 4. The second-order valence-corrected chi connectivity index (χ2v) is 3.32. The van der Waals surface area contributed by atoms with Crippen LogP contribution in [0, 0.1) is 0 Å². The first-order valence-corrected chi connectivity index (χ1v) is 4.08. The summed E-state index contributed by atoms with van der Waals surface area (Å²) < 4.78 is 4.75. The van der Waals surface area contributed by atoms with E-state index in [9.17, 15) is 5.11 Å². The smallest absolute Gasteiger partial charge is 0.183 e. The minimum atomic E-state index is -1.46. The van der Waals surface area contributed by atoms with Crippen LogP contribution in [0.5, 0.6) is 0 Å². The minimum absolute atomic E-state index is 0.352. The molecule has 0 saturated carbocycles. The predicted molar refractivity (Wildman–Crippen MR) is 42.8 cm³/mol. The quantitative estimate of drug-likeness (QED) is 0.305. The molecule has 0 aromatic heterocycles. The Morgan fingerprint density at radius 3 is 2.25 bits per heavy atom. The molecule has 1 aliphatic heterocycles. The lowest BCUT2D eigenvalue weighted by Gasteiger charge is -2.37. The summed E-state index contributed by atoms with van der Waals surface area (Å²) in [5.41, 5.74) is 0. The molecule has 1 rings (SSSR count). The van der Waals surface area contributed by atoms with Crippen LogP contribution in [-0.4, -0.2) is 56.9 Å². The number of rotatable bonds is 1. The van der Waals surface area contributed by atoms with Crippen LogP contribution >= 0.6 is 12.6 Å². The second-order valence-electron chi connectivity index (χ2n) is 2.72. The molecule has 5 atom stereocenters. The predicted octanol–water partition coefficient (Wildman–Crippen LogP) is -2.28. The van der Waals surface area contributed by atoms with Gasteiger partial charge in [0.05, 0.1) is 24.1 Å². The third kappa shape index (κ3) is 1.73. The van der Waals surface area contributed by atoms with Gasteiger partial charge in [-0.3, -0.25) is 0 Å². The van der Waals surface area contributed by atoms with E-state index in [1.807, 2.05) is 0 Å². The van der Waals surface area contributed by atoms with Crippen molar-refractivity contribution in [2.75, 3.05) is 6.61 Å². The third-order valence-electron chi connectivity index (χ3n) is 1.87. The lowest BCUT2D eigenvalue weighted by atomic mass is 10.0. The summed E-state index contributed by atoms with van der Waals surface area (Å²) in [6, 6.07) is 0. The van der Waals surface area contributed by atoms with E-state index in [1.165, 1.54) is 0 Å². The molecule has 5 nitrogen and oxygen atoms in total. The van der Waals surface area contributed by atoms with Gasteiger partial charge < -0.3 is 25.2 Å². The van der Waals surface area contributed by atoms with Crippen molar-refractivity contribution in [1.82, 2.24) is 0 Å². The number of hydrogen-bond donors (Lipinski definition) is 5. The van der Waals surface area contributed by atoms with Crippen molar-refractivity contribution in [3.8, 4) is 0 Å². The molecule has 0 radical (unpaired) electrons. The van der Waals surface area contributed by atoms with E-state index in [0.29, 0.717) is 0 Å². The molecule has 0 aliphatic carbocycles. The first-order chi connectivity index (χ1) is 5.57. The molecule has 1 fully saturated rings. The molecule has 1 saturated heterocycles. The fourth-order valence-corrected chi connectivity index (χ4v) is 1.42. The minimum Gasteiger partial charge on any atom is -0.394 e. The van der Waals surface area contributed by atoms with Crippen LogP contribution in [0.4, 0.5) is 0 Å². The molecular formula is C6H12O5S. The maximum absolute atomic E-state index is 9.24. The van der Waals surface area contributed by atoms with Crippen LogP contribution in [0.2, 0.25) is 0 Å². The average Bonchev–Trinajstić information content (AvgIpc) is 2.08. The van der Waals surface area contributed by atoms with Gasteiger partial charge in [0.2, 0.25) is 0 Å². The van der Waals surface area contributed by atoms with Gasteiger partial charge in [-0.05, 0) is 0 Å². The molecular weight excluding hydrogens is 184 g/mol. The Hall–Kier alpha value is 0.150. The summed E-state index contributed by atoms with van der Waals surface area (Å²) in [6.45, 7) is -0.352. The van der Waals surface area contributed by atoms with Crippen LogP contribution < -0.4 is 0 Å². The number of ether oxygens (including phenoxy) is 1. The highest BCUT2D eigenvalue weighted by atomic mass is 32.1. The molecule has 4 N–H and O–H groups in total. The largest absolute Gasteiger partial charge is 0.394 e. The molecule has 0 amide bonds. The summed E-state index contributed by atoms with van der Waals surface area (Å²) in [6.07, 6.45) is -4.76. The zero-order valence-corrected chi connectivity index (χ0v) is 7.13. The van der Waals surface area contributed by atoms with Crippen molar-refractivity contribution in [2.45, 2.75) is 29.9 Å². The Balaban J connectivity index is 2.63. The topological polar surface area (TPSA) is 90.2 Å². The van der Waals surface area contributed by atoms with Crippen LogP contribution in [0.1, 0.15) is 0 Å². The number of thiol groups is 1. The Morgan fingerprint density at radius 1 is 1.17 bits per heavy atom. The molecule has 0 bridgehead atoms. The van der Waals surface area contributed by atoms with Crippen molar-refractivity contribution in [1.29, 1.82) is 0 Å². The summed E-state index contributed by atoms with van der Waals surface area (Å²) in [7, 11) is 0. The highest BCUT2D eigenvalue weighted by molar-refractivity contribution is 7.81. The van der Waals surface area contributed by atoms with Gasteiger partial charge in [-0.15, -0.1) is 0 Å². The van der Waals surface area contributed by atoms with Gasteiger partial charge in [0.1, 0.15) is 6.10 Å². The lowest BCUT2D eigenvalue weighted by Crippen LogP contribution is -2.56. The third-order valence-corrected chi connectivity index (χ3v) is 2.51. The van der Waals surface area contributed by atoms with Crippen LogP contribution in [0.25, 0.3) is 0 Å². The van der Waals surface area contributed by atoms with Crippen LogP contribution in [0.3, 0.4) is 0 Å². The molecule has 72 valence electrons. The second kappa shape index (κ2) is 3.91. The Labute approximate surface area is 75.0 Å². The van der Waals surface area contributed by atoms with Crippen molar-refractivity contribution in [2.24, 2.45) is 0 Å². The van der Waals surface area contributed by atoms with Gasteiger partial charge in [-0.25, -0.2) is 0 Å². The Kier molecular flexibility index (Phi) is 3.33. The van der Waals surface area contributed by atoms with Gasteiger partial charge in [0, 0.05) is 0 Å². The zero-order chi connectivity index (χ0) is 9.30. The number of aliphatic hydroxyl groups excluding tert-OH is 4. The van der Waals surface area contributed by atoms with E-state index in [1.54, 1.807) is 0 Å². The highest BCUT2D eigenvalue weighted by Gasteiger charge is 2.41. The standard InChI is InChI=1S/C6H12O5S/c7-1-2-5(12)3(8)4(9)6(10)11-2/h2-10,12H,1H2/t2-,3-,4-,5-,6-/m0/s1. The first-order valence-electron chi connectivity index (χ1n) is 3.56. The Bertz CT molecular complexity index is 150. The summed E-state index contributed by atoms with van der Waals surface area (Å²) in [5.74, 6) is 0. The van der Waals surface area contributed by atoms with Gasteiger partial charge in [0.25, 0.3) is 0 Å². The fraction of sp³-hybridized carbons (Fsp3) is 1.00. The van der Waals surface area contributed by atoms with Crippen LogP contribution in [-0.2, 0) is 4.74 Å². The molecule has 12 heavy (non-hydrogen) atoms. The summed E-state index contributed by atoms with van der Waals surface area (Å²) in [4.78, 5) is 0. The van der Waals surface area contributed by atoms with Gasteiger partial charge in [0.15, 0.2) is 6.29 Å². The average molecular weight is 196 g/mol. The lowest BCUT2D eigenvalue weighted by molar-refractivity contribution is -0.248. The molecule has 0 aromatic rings. The Morgan fingerprint density at radius 2 is 1.75 bits per heavy atom. The van der Waals surface area contributed by atoms with E-state index < -0.39 is 29.9 Å². The maximum atomic E-state index is 9.24. The van der Waals surface area contributed by atoms with Gasteiger partial charge in [-0.2, -0.15) is 12.6 Å². The van der Waals surface area contributed by atoms with Crippen molar-refractivity contribution in [3.05, 3.63) is 0 Å². The number of hydrogen-bond acceptors (Lipinski definition) is 6. The SMILES string of the molecule is OC[C@@H]1O[C@H](O)[C@@H](O)[C@H](O)[C@H]1S. The molecule has 1 aliphatic rings. The monoisotopic (exact) mass is 196 g/mol. The van der Waals surface area contributed by atoms with E-state index in [0.717, 1.165) is 0 Å². The maximum Gasteiger partial charge on any atom is 0.183 e. The fourth-order valence-electron chi connectivity index (χ4n) is 1.08. The molecule has 1 heterocycles. The molecule has 0 aromatic carbocycles. The summed E-state index contributed by atoms with van der Waals surface area (Å²) in [5, 5.41) is 35.3. The van der Waals surface area contributed by atoms with Crippen LogP contribution in [0.15, 0.2) is 0 Å². The first kappa shape index (κ1) is 10.2. The van der Waals surface area contributed by atoms with E-state index in [2.05, 4.69) is 12.6 Å². The van der Waals surface area contributed by atoms with E-state index in [-0.39, 0.29) is 6.61 Å². The molecule has 6 heteroatoms. The molecule has 0 unspecified atom stereocenters. The van der Waals surface area contributed by atoms with Crippen molar-refractivity contribution >= 4 is 12.6 Å². The van der Waals surface area contributed by atoms with E-state index >= 15 is 0 Å². The van der Waals surface area contributed by atoms with E-state index in [4.69, 9.17) is 20.1 Å². The zero-order valence-electron chi connectivity index (χ0n) is 6.24. The summed E-state index contributed by atoms with van der Waals surface area (Å²) >= 11 is 3.93. The van der Waals surface area contributed by atoms with Crippen molar-refractivity contribution < 1.29 is 25.2 Å². The van der Waals surface area contributed by atoms with Gasteiger partial charge in [-0.1, -0.05) is 0 Å². The highest BCUT2D eigenvalue weighted by Crippen LogP contribution is 2.23.